The summed E-state index contributed by atoms with van der Waals surface area (Å²) in [6.45, 7) is 4.14. The van der Waals surface area contributed by atoms with Gasteiger partial charge in [0.1, 0.15) is 11.5 Å². The molecule has 2 aromatic rings. The highest BCUT2D eigenvalue weighted by Gasteiger charge is 2.09. The molecule has 5 heteroatoms. The number of rotatable bonds is 2. The zero-order valence-electron chi connectivity index (χ0n) is 8.52. The second-order valence-corrected chi connectivity index (χ2v) is 3.57. The van der Waals surface area contributed by atoms with Crippen LogP contribution < -0.4 is 0 Å². The predicted molar refractivity (Wildman–Crippen MR) is 52.7 cm³/mol. The van der Waals surface area contributed by atoms with Crippen molar-refractivity contribution < 1.29 is 0 Å². The summed E-state index contributed by atoms with van der Waals surface area (Å²) in [5, 5.41) is 11.2. The second-order valence-electron chi connectivity index (χ2n) is 3.57. The molecule has 0 amide bonds. The van der Waals surface area contributed by atoms with Gasteiger partial charge < -0.3 is 0 Å². The number of aryl methyl sites for hydroxylation is 1. The molecule has 1 N–H and O–H groups in total. The van der Waals surface area contributed by atoms with E-state index in [1.165, 1.54) is 0 Å². The first-order valence-electron chi connectivity index (χ1n) is 4.59. The molecule has 0 radical (unpaired) electrons. The summed E-state index contributed by atoms with van der Waals surface area (Å²) < 4.78 is 1.74. The standard InChI is InChI=1S/C9H13N5/c1-6(2)8-10-9(12-11-8)7-4-5-14(3)13-7/h4-6H,1-3H3,(H,10,11,12). The molecule has 0 atom stereocenters. The van der Waals surface area contributed by atoms with Gasteiger partial charge in [-0.15, -0.1) is 0 Å². The zero-order valence-corrected chi connectivity index (χ0v) is 8.52. The van der Waals surface area contributed by atoms with Crippen molar-refractivity contribution in [2.24, 2.45) is 7.05 Å². The molecular formula is C9H13N5. The van der Waals surface area contributed by atoms with Gasteiger partial charge in [0.05, 0.1) is 0 Å². The highest BCUT2D eigenvalue weighted by atomic mass is 15.3. The number of aromatic amines is 1. The van der Waals surface area contributed by atoms with Crippen LogP contribution in [0.3, 0.4) is 0 Å². The number of nitrogens with zero attached hydrogens (tertiary/aromatic N) is 4. The summed E-state index contributed by atoms with van der Waals surface area (Å²) >= 11 is 0. The van der Waals surface area contributed by atoms with E-state index >= 15 is 0 Å². The zero-order chi connectivity index (χ0) is 10.1. The molecule has 2 heterocycles. The van der Waals surface area contributed by atoms with E-state index in [1.54, 1.807) is 4.68 Å². The molecule has 2 aromatic heterocycles. The summed E-state index contributed by atoms with van der Waals surface area (Å²) in [6.07, 6.45) is 1.88. The van der Waals surface area contributed by atoms with Crippen LogP contribution in [0.5, 0.6) is 0 Å². The summed E-state index contributed by atoms with van der Waals surface area (Å²) in [6, 6.07) is 1.90. The summed E-state index contributed by atoms with van der Waals surface area (Å²) in [7, 11) is 1.87. The van der Waals surface area contributed by atoms with E-state index in [2.05, 4.69) is 34.1 Å². The molecule has 0 unspecified atom stereocenters. The minimum Gasteiger partial charge on any atom is -0.275 e. The predicted octanol–water partition coefficient (Wildman–Crippen LogP) is 1.33. The maximum absolute atomic E-state index is 4.35. The molecule has 74 valence electrons. The maximum Gasteiger partial charge on any atom is 0.201 e. The topological polar surface area (TPSA) is 59.4 Å². The number of hydrogen-bond acceptors (Lipinski definition) is 3. The van der Waals surface area contributed by atoms with Crippen molar-refractivity contribution in [3.8, 4) is 11.5 Å². The minimum atomic E-state index is 0.361. The Bertz CT molecular complexity index is 426. The van der Waals surface area contributed by atoms with Crippen molar-refractivity contribution in [1.82, 2.24) is 25.0 Å². The Labute approximate surface area is 82.2 Å². The highest BCUT2D eigenvalue weighted by Crippen LogP contribution is 2.14. The molecule has 5 nitrogen and oxygen atoms in total. The molecule has 0 saturated carbocycles. The van der Waals surface area contributed by atoms with E-state index < -0.39 is 0 Å². The second kappa shape index (κ2) is 3.25. The molecule has 14 heavy (non-hydrogen) atoms. The van der Waals surface area contributed by atoms with E-state index in [4.69, 9.17) is 0 Å². The van der Waals surface area contributed by atoms with Crippen LogP contribution >= 0.6 is 0 Å². The largest absolute Gasteiger partial charge is 0.275 e. The average molecular weight is 191 g/mol. The fraction of sp³-hybridized carbons (Fsp3) is 0.444. The molecule has 0 fully saturated rings. The van der Waals surface area contributed by atoms with Crippen LogP contribution in [0.1, 0.15) is 25.6 Å². The van der Waals surface area contributed by atoms with Gasteiger partial charge in [-0.05, 0) is 6.07 Å². The first-order chi connectivity index (χ1) is 6.66. The third-order valence-corrected chi connectivity index (χ3v) is 1.99. The monoisotopic (exact) mass is 191 g/mol. The molecule has 0 aromatic carbocycles. The van der Waals surface area contributed by atoms with Crippen LogP contribution in [0.2, 0.25) is 0 Å². The van der Waals surface area contributed by atoms with Gasteiger partial charge in [0.15, 0.2) is 0 Å². The third kappa shape index (κ3) is 1.53. The van der Waals surface area contributed by atoms with E-state index in [0.29, 0.717) is 11.7 Å². The number of H-pyrrole nitrogens is 1. The van der Waals surface area contributed by atoms with Gasteiger partial charge in [0.25, 0.3) is 0 Å². The van der Waals surface area contributed by atoms with Crippen molar-refractivity contribution in [3.63, 3.8) is 0 Å². The SMILES string of the molecule is CC(C)c1nc(-c2ccn(C)n2)n[nH]1. The van der Waals surface area contributed by atoms with Gasteiger partial charge in [0.2, 0.25) is 5.82 Å². The van der Waals surface area contributed by atoms with Crippen LogP contribution in [-0.4, -0.2) is 25.0 Å². The van der Waals surface area contributed by atoms with Crippen LogP contribution in [-0.2, 0) is 7.05 Å². The lowest BCUT2D eigenvalue weighted by molar-refractivity contribution is 0.768. The maximum atomic E-state index is 4.35. The molecular weight excluding hydrogens is 178 g/mol. The summed E-state index contributed by atoms with van der Waals surface area (Å²) in [5.41, 5.74) is 0.802. The molecule has 0 spiro atoms. The van der Waals surface area contributed by atoms with Gasteiger partial charge in [0, 0.05) is 19.2 Å². The first-order valence-corrected chi connectivity index (χ1v) is 4.59. The third-order valence-electron chi connectivity index (χ3n) is 1.99. The lowest BCUT2D eigenvalue weighted by Crippen LogP contribution is -1.90. The fourth-order valence-corrected chi connectivity index (χ4v) is 1.18. The van der Waals surface area contributed by atoms with Crippen molar-refractivity contribution in [2.45, 2.75) is 19.8 Å². The Morgan fingerprint density at radius 3 is 2.71 bits per heavy atom. The van der Waals surface area contributed by atoms with Crippen molar-refractivity contribution in [1.29, 1.82) is 0 Å². The van der Waals surface area contributed by atoms with Crippen molar-refractivity contribution >= 4 is 0 Å². The van der Waals surface area contributed by atoms with Crippen LogP contribution in [0.25, 0.3) is 11.5 Å². The Kier molecular flexibility index (Phi) is 2.07. The Hall–Kier alpha value is -1.65. The molecule has 0 saturated heterocycles. The Balaban J connectivity index is 2.33. The van der Waals surface area contributed by atoms with Gasteiger partial charge in [-0.1, -0.05) is 13.8 Å². The fourth-order valence-electron chi connectivity index (χ4n) is 1.18. The van der Waals surface area contributed by atoms with Crippen molar-refractivity contribution in [2.75, 3.05) is 0 Å². The lowest BCUT2D eigenvalue weighted by atomic mass is 10.2. The average Bonchev–Trinajstić information content (AvgIpc) is 2.70. The number of hydrogen-bond donors (Lipinski definition) is 1. The molecule has 0 bridgehead atoms. The summed E-state index contributed by atoms with van der Waals surface area (Å²) in [5.74, 6) is 1.92. The smallest absolute Gasteiger partial charge is 0.201 e. The van der Waals surface area contributed by atoms with E-state index in [0.717, 1.165) is 11.5 Å². The Morgan fingerprint density at radius 1 is 1.43 bits per heavy atom. The van der Waals surface area contributed by atoms with E-state index in [9.17, 15) is 0 Å². The van der Waals surface area contributed by atoms with Gasteiger partial charge >= 0.3 is 0 Å². The quantitative estimate of drug-likeness (QED) is 0.779. The Morgan fingerprint density at radius 2 is 2.21 bits per heavy atom. The van der Waals surface area contributed by atoms with Crippen LogP contribution in [0.15, 0.2) is 12.3 Å². The normalized spacial score (nSPS) is 11.1. The highest BCUT2D eigenvalue weighted by molar-refractivity contribution is 5.47. The van der Waals surface area contributed by atoms with Crippen LogP contribution in [0.4, 0.5) is 0 Å². The van der Waals surface area contributed by atoms with Crippen molar-refractivity contribution in [3.05, 3.63) is 18.1 Å². The molecule has 0 aliphatic rings. The van der Waals surface area contributed by atoms with Gasteiger partial charge in [-0.2, -0.15) is 10.2 Å². The first kappa shape index (κ1) is 8.93. The van der Waals surface area contributed by atoms with E-state index in [1.807, 2.05) is 19.3 Å². The molecule has 2 rings (SSSR count). The number of nitrogens with one attached hydrogen (secondary N) is 1. The van der Waals surface area contributed by atoms with Gasteiger partial charge in [-0.25, -0.2) is 4.98 Å². The van der Waals surface area contributed by atoms with Gasteiger partial charge in [-0.3, -0.25) is 9.78 Å². The molecule has 0 aliphatic carbocycles. The summed E-state index contributed by atoms with van der Waals surface area (Å²) in [4.78, 5) is 4.35. The van der Waals surface area contributed by atoms with Crippen LogP contribution in [0, 0.1) is 0 Å². The van der Waals surface area contributed by atoms with E-state index in [-0.39, 0.29) is 0 Å². The number of aromatic nitrogens is 5. The minimum absolute atomic E-state index is 0.361. The molecule has 0 aliphatic heterocycles. The lowest BCUT2D eigenvalue weighted by Gasteiger charge is -1.94.